The number of esters is 1. The molecule has 0 aliphatic heterocycles. The first-order valence-corrected chi connectivity index (χ1v) is 4.18. The minimum Gasteiger partial charge on any atom is -0.468 e. The Morgan fingerprint density at radius 2 is 2.50 bits per heavy atom. The second-order valence-corrected chi connectivity index (χ2v) is 2.99. The van der Waals surface area contributed by atoms with Gasteiger partial charge in [-0.3, -0.25) is 9.48 Å². The number of aryl methyl sites for hydroxylation is 1. The third-order valence-corrected chi connectivity index (χ3v) is 1.88. The highest BCUT2D eigenvalue weighted by Crippen LogP contribution is 2.07. The molecule has 0 radical (unpaired) electrons. The molecule has 5 heteroatoms. The Balaban J connectivity index is 2.65. The van der Waals surface area contributed by atoms with Crippen LogP contribution in [0.4, 0.5) is 0 Å². The van der Waals surface area contributed by atoms with Crippen LogP contribution in [-0.4, -0.2) is 29.1 Å². The van der Waals surface area contributed by atoms with Crippen LogP contribution in [0.3, 0.4) is 0 Å². The van der Waals surface area contributed by atoms with Crippen molar-refractivity contribution in [3.8, 4) is 0 Å². The number of aromatic nitrogens is 2. The van der Waals surface area contributed by atoms with Crippen LogP contribution in [0.15, 0.2) is 12.4 Å². The molecule has 0 amide bonds. The van der Waals surface area contributed by atoms with Crippen molar-refractivity contribution < 1.29 is 14.3 Å². The zero-order valence-electron chi connectivity index (χ0n) is 8.14. The molecular formula is C9H12N2O3. The van der Waals surface area contributed by atoms with Crippen LogP contribution in [-0.2, 0) is 27.8 Å². The number of carbonyl (C=O) groups excluding carboxylic acids is 2. The van der Waals surface area contributed by atoms with Crippen LogP contribution >= 0.6 is 0 Å². The highest BCUT2D eigenvalue weighted by molar-refractivity contribution is 5.87. The molecule has 0 aliphatic carbocycles. The molecular weight excluding hydrogens is 184 g/mol. The monoisotopic (exact) mass is 196 g/mol. The van der Waals surface area contributed by atoms with Crippen molar-refractivity contribution in [3.63, 3.8) is 0 Å². The Bertz CT molecular complexity index is 333. The van der Waals surface area contributed by atoms with Gasteiger partial charge in [0.1, 0.15) is 12.2 Å². The molecule has 1 rings (SSSR count). The minimum atomic E-state index is -0.732. The van der Waals surface area contributed by atoms with E-state index in [2.05, 4.69) is 9.84 Å². The maximum Gasteiger partial charge on any atom is 0.316 e. The number of hydrogen-bond donors (Lipinski definition) is 0. The van der Waals surface area contributed by atoms with Gasteiger partial charge < -0.3 is 9.53 Å². The van der Waals surface area contributed by atoms with E-state index in [1.54, 1.807) is 24.1 Å². The summed E-state index contributed by atoms with van der Waals surface area (Å²) < 4.78 is 6.10. The summed E-state index contributed by atoms with van der Waals surface area (Å²) in [6, 6.07) is 0. The van der Waals surface area contributed by atoms with E-state index in [0.29, 0.717) is 12.7 Å². The normalized spacial score (nSPS) is 12.1. The Morgan fingerprint density at radius 3 is 2.93 bits per heavy atom. The molecule has 0 bridgehead atoms. The van der Waals surface area contributed by atoms with E-state index in [9.17, 15) is 9.59 Å². The average molecular weight is 196 g/mol. The number of carbonyl (C=O) groups is 2. The van der Waals surface area contributed by atoms with Gasteiger partial charge >= 0.3 is 5.97 Å². The van der Waals surface area contributed by atoms with Crippen molar-refractivity contribution in [2.75, 3.05) is 7.11 Å². The second-order valence-electron chi connectivity index (χ2n) is 2.99. The van der Waals surface area contributed by atoms with E-state index < -0.39 is 11.9 Å². The van der Waals surface area contributed by atoms with E-state index in [4.69, 9.17) is 0 Å². The quantitative estimate of drug-likeness (QED) is 0.385. The third-order valence-electron chi connectivity index (χ3n) is 1.88. The largest absolute Gasteiger partial charge is 0.468 e. The van der Waals surface area contributed by atoms with Gasteiger partial charge in [0.2, 0.25) is 0 Å². The summed E-state index contributed by atoms with van der Waals surface area (Å²) in [5.74, 6) is -1.24. The number of nitrogens with zero attached hydrogens (tertiary/aromatic N) is 2. The van der Waals surface area contributed by atoms with Gasteiger partial charge in [-0.2, -0.15) is 5.10 Å². The van der Waals surface area contributed by atoms with Crippen molar-refractivity contribution in [3.05, 3.63) is 18.0 Å². The van der Waals surface area contributed by atoms with Crippen LogP contribution in [0, 0.1) is 5.92 Å². The molecule has 1 atom stereocenters. The maximum atomic E-state index is 11.1. The maximum absolute atomic E-state index is 11.1. The molecule has 0 aliphatic rings. The molecule has 1 heterocycles. The molecule has 0 fully saturated rings. The molecule has 1 aromatic heterocycles. The Kier molecular flexibility index (Phi) is 3.39. The minimum absolute atomic E-state index is 0.337. The summed E-state index contributed by atoms with van der Waals surface area (Å²) in [5, 5.41) is 3.94. The highest BCUT2D eigenvalue weighted by atomic mass is 16.5. The van der Waals surface area contributed by atoms with Crippen LogP contribution in [0.5, 0.6) is 0 Å². The van der Waals surface area contributed by atoms with Crippen molar-refractivity contribution in [2.24, 2.45) is 13.0 Å². The highest BCUT2D eigenvalue weighted by Gasteiger charge is 2.19. The molecule has 0 unspecified atom stereocenters. The van der Waals surface area contributed by atoms with Crippen LogP contribution in [0.2, 0.25) is 0 Å². The summed E-state index contributed by atoms with van der Waals surface area (Å²) in [6.45, 7) is 0. The average Bonchev–Trinajstić information content (AvgIpc) is 2.59. The summed E-state index contributed by atoms with van der Waals surface area (Å²) in [6.07, 6.45) is 4.32. The van der Waals surface area contributed by atoms with Crippen LogP contribution in [0.1, 0.15) is 5.56 Å². The number of rotatable bonds is 4. The molecule has 76 valence electrons. The van der Waals surface area contributed by atoms with Crippen molar-refractivity contribution in [1.82, 2.24) is 9.78 Å². The van der Waals surface area contributed by atoms with E-state index in [-0.39, 0.29) is 0 Å². The van der Waals surface area contributed by atoms with Gasteiger partial charge in [0.25, 0.3) is 0 Å². The fourth-order valence-corrected chi connectivity index (χ4v) is 1.17. The van der Waals surface area contributed by atoms with Crippen molar-refractivity contribution >= 4 is 12.3 Å². The van der Waals surface area contributed by atoms with Gasteiger partial charge in [-0.1, -0.05) is 0 Å². The molecule has 0 spiro atoms. The van der Waals surface area contributed by atoms with Crippen LogP contribution < -0.4 is 0 Å². The Morgan fingerprint density at radius 1 is 1.79 bits per heavy atom. The number of ether oxygens (including phenoxy) is 1. The summed E-state index contributed by atoms with van der Waals surface area (Å²) in [4.78, 5) is 21.7. The standard InChI is InChI=1S/C9H12N2O3/c1-11-5-7(4-10-11)3-8(6-12)9(13)14-2/h4-6,8H,3H2,1-2H3/t8-/m1/s1. The van der Waals surface area contributed by atoms with E-state index in [1.165, 1.54) is 7.11 Å². The lowest BCUT2D eigenvalue weighted by Gasteiger charge is -2.05. The summed E-state index contributed by atoms with van der Waals surface area (Å²) >= 11 is 0. The lowest BCUT2D eigenvalue weighted by atomic mass is 10.0. The van der Waals surface area contributed by atoms with Crippen molar-refractivity contribution in [2.45, 2.75) is 6.42 Å². The zero-order chi connectivity index (χ0) is 10.6. The lowest BCUT2D eigenvalue weighted by molar-refractivity contribution is -0.146. The van der Waals surface area contributed by atoms with Crippen LogP contribution in [0.25, 0.3) is 0 Å². The Labute approximate surface area is 81.7 Å². The topological polar surface area (TPSA) is 61.2 Å². The van der Waals surface area contributed by atoms with Gasteiger partial charge in [0.15, 0.2) is 0 Å². The molecule has 0 aromatic carbocycles. The van der Waals surface area contributed by atoms with E-state index in [1.807, 2.05) is 0 Å². The molecule has 0 N–H and O–H groups in total. The number of aldehydes is 1. The fraction of sp³-hybridized carbons (Fsp3) is 0.444. The molecule has 5 nitrogen and oxygen atoms in total. The first-order valence-electron chi connectivity index (χ1n) is 4.18. The van der Waals surface area contributed by atoms with Gasteiger partial charge in [0, 0.05) is 13.2 Å². The fourth-order valence-electron chi connectivity index (χ4n) is 1.17. The van der Waals surface area contributed by atoms with Crippen molar-refractivity contribution in [1.29, 1.82) is 0 Å². The summed E-state index contributed by atoms with van der Waals surface area (Å²) in [7, 11) is 3.04. The zero-order valence-corrected chi connectivity index (χ0v) is 8.14. The third kappa shape index (κ3) is 2.42. The lowest BCUT2D eigenvalue weighted by Crippen LogP contribution is -2.19. The summed E-state index contributed by atoms with van der Waals surface area (Å²) in [5.41, 5.74) is 0.843. The van der Waals surface area contributed by atoms with Gasteiger partial charge in [-0.05, 0) is 12.0 Å². The second kappa shape index (κ2) is 4.55. The Hall–Kier alpha value is -1.65. The van der Waals surface area contributed by atoms with Gasteiger partial charge in [-0.15, -0.1) is 0 Å². The predicted molar refractivity (Wildman–Crippen MR) is 48.5 cm³/mol. The molecule has 0 saturated heterocycles. The van der Waals surface area contributed by atoms with Gasteiger partial charge in [0.05, 0.1) is 13.3 Å². The molecule has 14 heavy (non-hydrogen) atoms. The number of methoxy groups -OCH3 is 1. The van der Waals surface area contributed by atoms with E-state index >= 15 is 0 Å². The predicted octanol–water partition coefficient (Wildman–Crippen LogP) is -0.0493. The molecule has 0 saturated carbocycles. The SMILES string of the molecule is COC(=O)[C@@H](C=O)Cc1cnn(C)c1. The van der Waals surface area contributed by atoms with E-state index in [0.717, 1.165) is 5.56 Å². The van der Waals surface area contributed by atoms with Gasteiger partial charge in [-0.25, -0.2) is 0 Å². The first-order chi connectivity index (χ1) is 6.67. The number of hydrogen-bond acceptors (Lipinski definition) is 4. The first kappa shape index (κ1) is 10.4. The molecule has 1 aromatic rings. The smallest absolute Gasteiger partial charge is 0.316 e.